The van der Waals surface area contributed by atoms with Gasteiger partial charge in [-0.1, -0.05) is 30.3 Å². The van der Waals surface area contributed by atoms with Crippen LogP contribution in [0, 0.1) is 5.92 Å². The summed E-state index contributed by atoms with van der Waals surface area (Å²) in [5, 5.41) is 32.2. The Kier molecular flexibility index (Phi) is 3.75. The molecule has 2 unspecified atom stereocenters. The van der Waals surface area contributed by atoms with Crippen LogP contribution in [0.3, 0.4) is 0 Å². The minimum absolute atomic E-state index is 0.0589. The predicted molar refractivity (Wildman–Crippen MR) is 128 cm³/mol. The lowest BCUT2D eigenvalue weighted by atomic mass is 9.67. The molecule has 170 valence electrons. The van der Waals surface area contributed by atoms with E-state index in [0.717, 1.165) is 0 Å². The highest BCUT2D eigenvalue weighted by molar-refractivity contribution is 6.22. The average molecular weight is 462 g/mol. The highest BCUT2D eigenvalue weighted by Gasteiger charge is 2.47. The third-order valence-electron chi connectivity index (χ3n) is 7.78. The summed E-state index contributed by atoms with van der Waals surface area (Å²) in [5.41, 5.74) is 5.00. The maximum Gasteiger partial charge on any atom is 0.190 e. The molecule has 6 nitrogen and oxygen atoms in total. The number of allylic oxidation sites excluding steroid dienone is 4. The lowest BCUT2D eigenvalue weighted by molar-refractivity contribution is 0.0903. The Balaban J connectivity index is 1.76. The third-order valence-corrected chi connectivity index (χ3v) is 7.78. The molecule has 6 heteroatoms. The lowest BCUT2D eigenvalue weighted by Crippen LogP contribution is -2.27. The molecule has 0 aliphatic heterocycles. The fraction of sp³-hybridized carbons (Fsp3) is 0.138. The zero-order chi connectivity index (χ0) is 24.2. The third kappa shape index (κ3) is 2.41. The monoisotopic (exact) mass is 462 g/mol. The molecule has 0 bridgehead atoms. The molecule has 0 heterocycles. The van der Waals surface area contributed by atoms with E-state index < -0.39 is 11.8 Å². The molecule has 35 heavy (non-hydrogen) atoms. The SMILES string of the molecule is O=C1CC2CC(=O)c3c(O)ccc4c3C2C(=C2C=CC(=O)c3c(O)ccc-4c32)c2cccc(O)c21. The molecule has 0 saturated carbocycles. The van der Waals surface area contributed by atoms with Gasteiger partial charge in [0.2, 0.25) is 0 Å². The number of aromatic hydroxyl groups is 3. The second-order valence-electron chi connectivity index (χ2n) is 9.52. The minimum atomic E-state index is -0.438. The number of phenolic OH excluding ortho intramolecular Hbond substituents is 3. The van der Waals surface area contributed by atoms with Crippen LogP contribution in [-0.2, 0) is 0 Å². The first-order valence-electron chi connectivity index (χ1n) is 11.4. The zero-order valence-corrected chi connectivity index (χ0v) is 18.3. The summed E-state index contributed by atoms with van der Waals surface area (Å²) in [6, 6.07) is 11.3. The summed E-state index contributed by atoms with van der Waals surface area (Å²) in [6.45, 7) is 0. The van der Waals surface area contributed by atoms with Gasteiger partial charge in [-0.25, -0.2) is 0 Å². The van der Waals surface area contributed by atoms with E-state index in [1.165, 1.54) is 24.3 Å². The van der Waals surface area contributed by atoms with Crippen molar-refractivity contribution in [3.8, 4) is 28.4 Å². The van der Waals surface area contributed by atoms with Crippen molar-refractivity contribution in [1.29, 1.82) is 0 Å². The molecule has 0 spiro atoms. The van der Waals surface area contributed by atoms with E-state index in [9.17, 15) is 29.7 Å². The second kappa shape index (κ2) is 6.57. The van der Waals surface area contributed by atoms with Crippen LogP contribution >= 0.6 is 0 Å². The molecule has 2 atom stereocenters. The van der Waals surface area contributed by atoms with Crippen molar-refractivity contribution in [2.75, 3.05) is 0 Å². The Morgan fingerprint density at radius 2 is 1.29 bits per heavy atom. The van der Waals surface area contributed by atoms with Crippen LogP contribution in [0.4, 0.5) is 0 Å². The quantitative estimate of drug-likeness (QED) is 0.433. The van der Waals surface area contributed by atoms with Gasteiger partial charge in [0, 0.05) is 24.3 Å². The number of hydrogen-bond acceptors (Lipinski definition) is 6. The van der Waals surface area contributed by atoms with Crippen molar-refractivity contribution in [2.24, 2.45) is 5.92 Å². The molecule has 7 rings (SSSR count). The van der Waals surface area contributed by atoms with Crippen LogP contribution in [-0.4, -0.2) is 32.7 Å². The van der Waals surface area contributed by atoms with Gasteiger partial charge in [0.15, 0.2) is 17.3 Å². The maximum absolute atomic E-state index is 13.4. The smallest absolute Gasteiger partial charge is 0.190 e. The first-order valence-corrected chi connectivity index (χ1v) is 11.4. The van der Waals surface area contributed by atoms with Crippen molar-refractivity contribution in [1.82, 2.24) is 0 Å². The summed E-state index contributed by atoms with van der Waals surface area (Å²) in [7, 11) is 0. The van der Waals surface area contributed by atoms with Gasteiger partial charge in [0.05, 0.1) is 16.7 Å². The molecule has 3 aromatic rings. The molecular formula is C29H18O6. The van der Waals surface area contributed by atoms with E-state index in [0.29, 0.717) is 39.0 Å². The largest absolute Gasteiger partial charge is 0.507 e. The number of Topliss-reactive ketones (excluding diaryl/α,β-unsaturated/α-hetero) is 2. The number of hydrogen-bond donors (Lipinski definition) is 3. The van der Waals surface area contributed by atoms with Crippen molar-refractivity contribution in [3.63, 3.8) is 0 Å². The molecule has 4 aliphatic rings. The van der Waals surface area contributed by atoms with E-state index in [1.807, 2.05) is 0 Å². The van der Waals surface area contributed by atoms with Crippen molar-refractivity contribution >= 4 is 28.5 Å². The summed E-state index contributed by atoms with van der Waals surface area (Å²) >= 11 is 0. The van der Waals surface area contributed by atoms with Crippen molar-refractivity contribution in [3.05, 3.63) is 88.0 Å². The maximum atomic E-state index is 13.4. The highest BCUT2D eigenvalue weighted by Crippen LogP contribution is 2.59. The number of carbonyl (C=O) groups excluding carboxylic acids is 3. The van der Waals surface area contributed by atoms with Gasteiger partial charge in [0.1, 0.15) is 17.2 Å². The highest BCUT2D eigenvalue weighted by atomic mass is 16.3. The van der Waals surface area contributed by atoms with Crippen LogP contribution in [0.5, 0.6) is 17.2 Å². The Labute approximate surface area is 199 Å². The van der Waals surface area contributed by atoms with Gasteiger partial charge in [-0.15, -0.1) is 0 Å². The predicted octanol–water partition coefficient (Wildman–Crippen LogP) is 5.02. The molecule has 0 fully saturated rings. The molecule has 0 aromatic heterocycles. The van der Waals surface area contributed by atoms with Crippen molar-refractivity contribution in [2.45, 2.75) is 18.8 Å². The van der Waals surface area contributed by atoms with E-state index in [-0.39, 0.29) is 64.1 Å². The van der Waals surface area contributed by atoms with Gasteiger partial charge in [-0.3, -0.25) is 14.4 Å². The zero-order valence-electron chi connectivity index (χ0n) is 18.3. The summed E-state index contributed by atoms with van der Waals surface area (Å²) in [6.07, 6.45) is 3.23. The average Bonchev–Trinajstić information content (AvgIpc) is 3.02. The fourth-order valence-electron chi connectivity index (χ4n) is 6.50. The number of fused-ring (bicyclic) bond motifs is 3. The second-order valence-corrected chi connectivity index (χ2v) is 9.52. The topological polar surface area (TPSA) is 112 Å². The van der Waals surface area contributed by atoms with Gasteiger partial charge in [0.25, 0.3) is 0 Å². The molecule has 4 aliphatic carbocycles. The first kappa shape index (κ1) is 20.0. The van der Waals surface area contributed by atoms with E-state index in [2.05, 4.69) is 0 Å². The Morgan fingerprint density at radius 1 is 0.629 bits per heavy atom. The van der Waals surface area contributed by atoms with Crippen LogP contribution < -0.4 is 0 Å². The Hall–Kier alpha value is -4.45. The minimum Gasteiger partial charge on any atom is -0.507 e. The number of rotatable bonds is 0. The van der Waals surface area contributed by atoms with Crippen LogP contribution in [0.1, 0.15) is 66.5 Å². The van der Waals surface area contributed by atoms with E-state index in [1.54, 1.807) is 30.3 Å². The summed E-state index contributed by atoms with van der Waals surface area (Å²) < 4.78 is 0. The Bertz CT molecular complexity index is 1640. The number of phenols is 3. The molecule has 0 amide bonds. The number of benzene rings is 3. The molecular weight excluding hydrogens is 444 g/mol. The molecule has 3 aromatic carbocycles. The van der Waals surface area contributed by atoms with Gasteiger partial charge in [-0.2, -0.15) is 0 Å². The fourth-order valence-corrected chi connectivity index (χ4v) is 6.50. The van der Waals surface area contributed by atoms with Gasteiger partial charge < -0.3 is 15.3 Å². The van der Waals surface area contributed by atoms with E-state index >= 15 is 0 Å². The summed E-state index contributed by atoms with van der Waals surface area (Å²) in [4.78, 5) is 39.7. The molecule has 0 saturated heterocycles. The van der Waals surface area contributed by atoms with Crippen LogP contribution in [0.15, 0.2) is 54.6 Å². The standard InChI is InChI=1S/C29H18O6/c30-17-3-1-2-15-25-16-6-9-19(32)28-18(31)7-4-13(24(16)28)14-5-8-20(33)29-22(35)11-12(23(25)27(14)29)10-21(34)26(15)17/h1-9,12,23,30-31,33H,10-11H2. The first-order chi connectivity index (χ1) is 16.9. The normalized spacial score (nSPS) is 21.2. The number of ketones is 3. The van der Waals surface area contributed by atoms with Crippen LogP contribution in [0.2, 0.25) is 0 Å². The lowest BCUT2D eigenvalue weighted by Gasteiger charge is -2.34. The van der Waals surface area contributed by atoms with Gasteiger partial charge >= 0.3 is 0 Å². The Morgan fingerprint density at radius 3 is 2.06 bits per heavy atom. The van der Waals surface area contributed by atoms with Crippen LogP contribution in [0.25, 0.3) is 22.3 Å². The van der Waals surface area contributed by atoms with E-state index in [4.69, 9.17) is 0 Å². The molecule has 0 radical (unpaired) electrons. The van der Waals surface area contributed by atoms with Crippen molar-refractivity contribution < 1.29 is 29.7 Å². The van der Waals surface area contributed by atoms with Gasteiger partial charge in [-0.05, 0) is 63.6 Å². The molecule has 3 N–H and O–H groups in total. The number of carbonyl (C=O) groups is 3. The summed E-state index contributed by atoms with van der Waals surface area (Å²) in [5.74, 6) is -2.09.